The van der Waals surface area contributed by atoms with Crippen LogP contribution in [0.4, 0.5) is 5.82 Å². The molecule has 2 aromatic rings. The molecule has 0 aromatic carbocycles. The van der Waals surface area contributed by atoms with E-state index in [2.05, 4.69) is 14.8 Å². The molecule has 0 unspecified atom stereocenters. The Morgan fingerprint density at radius 1 is 1.39 bits per heavy atom. The minimum atomic E-state index is -3.76. The van der Waals surface area contributed by atoms with Gasteiger partial charge >= 0.3 is 0 Å². The van der Waals surface area contributed by atoms with Gasteiger partial charge in [-0.15, -0.1) is 0 Å². The van der Waals surface area contributed by atoms with Gasteiger partial charge in [-0.25, -0.2) is 13.4 Å². The Kier molecular flexibility index (Phi) is 3.47. The molecular formula is C9H8Cl2N4O2S. The van der Waals surface area contributed by atoms with E-state index in [9.17, 15) is 8.42 Å². The fraction of sp³-hybridized carbons (Fsp3) is 0.111. The second-order valence-electron chi connectivity index (χ2n) is 3.39. The normalized spacial score (nSPS) is 11.5. The van der Waals surface area contributed by atoms with E-state index in [4.69, 9.17) is 23.2 Å². The van der Waals surface area contributed by atoms with Gasteiger partial charge in [-0.2, -0.15) is 5.10 Å². The van der Waals surface area contributed by atoms with E-state index in [0.29, 0.717) is 5.82 Å². The molecule has 0 bridgehead atoms. The molecule has 1 N–H and O–H groups in total. The number of hydrogen-bond acceptors (Lipinski definition) is 4. The predicted molar refractivity (Wildman–Crippen MR) is 68.3 cm³/mol. The van der Waals surface area contributed by atoms with Crippen molar-refractivity contribution >= 4 is 39.0 Å². The molecule has 0 fully saturated rings. The van der Waals surface area contributed by atoms with Crippen molar-refractivity contribution in [2.24, 2.45) is 7.05 Å². The molecule has 0 spiro atoms. The summed E-state index contributed by atoms with van der Waals surface area (Å²) in [6.07, 6.45) is 2.61. The van der Waals surface area contributed by atoms with Gasteiger partial charge in [0, 0.05) is 19.3 Å². The maximum atomic E-state index is 12.0. The zero-order valence-corrected chi connectivity index (χ0v) is 11.5. The second-order valence-corrected chi connectivity index (χ2v) is 5.84. The van der Waals surface area contributed by atoms with Crippen molar-refractivity contribution in [3.05, 3.63) is 34.7 Å². The molecule has 0 aliphatic heterocycles. The highest BCUT2D eigenvalue weighted by Crippen LogP contribution is 2.23. The summed E-state index contributed by atoms with van der Waals surface area (Å²) < 4.78 is 27.8. The van der Waals surface area contributed by atoms with Crippen molar-refractivity contribution < 1.29 is 8.42 Å². The first kappa shape index (κ1) is 13.1. The Morgan fingerprint density at radius 2 is 2.11 bits per heavy atom. The van der Waals surface area contributed by atoms with Crippen LogP contribution in [0.3, 0.4) is 0 Å². The van der Waals surface area contributed by atoms with Gasteiger partial charge in [-0.1, -0.05) is 23.2 Å². The molecule has 0 radical (unpaired) electrons. The lowest BCUT2D eigenvalue weighted by Gasteiger charge is -2.08. The van der Waals surface area contributed by atoms with E-state index >= 15 is 0 Å². The number of nitrogens with zero attached hydrogens (tertiary/aromatic N) is 3. The highest BCUT2D eigenvalue weighted by atomic mass is 35.5. The number of anilines is 1. The molecule has 0 saturated heterocycles. The molecule has 0 saturated carbocycles. The number of aryl methyl sites for hydroxylation is 1. The first-order chi connectivity index (χ1) is 8.40. The Morgan fingerprint density at radius 3 is 2.67 bits per heavy atom. The molecule has 2 heterocycles. The van der Waals surface area contributed by atoms with E-state index in [0.717, 1.165) is 6.20 Å². The predicted octanol–water partition coefficient (Wildman–Crippen LogP) is 1.92. The van der Waals surface area contributed by atoms with Crippen LogP contribution in [0.5, 0.6) is 0 Å². The first-order valence-corrected chi connectivity index (χ1v) is 6.96. The molecule has 96 valence electrons. The standard InChI is InChI=1S/C9H8Cl2N4O2S/c1-15-8(2-3-13-15)14-18(16,17)6-4-7(10)9(11)12-5-6/h2-5,14H,1H3. The van der Waals surface area contributed by atoms with Gasteiger partial charge in [0.05, 0.1) is 11.2 Å². The van der Waals surface area contributed by atoms with Crippen LogP contribution in [-0.4, -0.2) is 23.2 Å². The van der Waals surface area contributed by atoms with Gasteiger partial charge < -0.3 is 0 Å². The van der Waals surface area contributed by atoms with Crippen molar-refractivity contribution in [1.82, 2.24) is 14.8 Å². The summed E-state index contributed by atoms with van der Waals surface area (Å²) in [7, 11) is -2.15. The van der Waals surface area contributed by atoms with E-state index in [1.165, 1.54) is 23.0 Å². The zero-order valence-electron chi connectivity index (χ0n) is 9.13. The molecule has 6 nitrogen and oxygen atoms in total. The fourth-order valence-electron chi connectivity index (χ4n) is 1.22. The van der Waals surface area contributed by atoms with Gasteiger partial charge in [0.2, 0.25) is 0 Å². The van der Waals surface area contributed by atoms with Gasteiger partial charge in [0.1, 0.15) is 15.9 Å². The lowest BCUT2D eigenvalue weighted by molar-refractivity contribution is 0.600. The largest absolute Gasteiger partial charge is 0.264 e. The van der Waals surface area contributed by atoms with E-state index in [1.807, 2.05) is 0 Å². The zero-order chi connectivity index (χ0) is 13.3. The van der Waals surface area contributed by atoms with Crippen LogP contribution in [0, 0.1) is 0 Å². The summed E-state index contributed by atoms with van der Waals surface area (Å²) in [6, 6.07) is 2.76. The fourth-order valence-corrected chi connectivity index (χ4v) is 2.61. The smallest absolute Gasteiger partial charge is 0.264 e. The SMILES string of the molecule is Cn1nccc1NS(=O)(=O)c1cnc(Cl)c(Cl)c1. The van der Waals surface area contributed by atoms with Crippen LogP contribution < -0.4 is 4.72 Å². The Labute approximate surface area is 114 Å². The highest BCUT2D eigenvalue weighted by Gasteiger charge is 2.17. The quantitative estimate of drug-likeness (QED) is 0.879. The van der Waals surface area contributed by atoms with Crippen LogP contribution in [0.15, 0.2) is 29.4 Å². The topological polar surface area (TPSA) is 76.9 Å². The minimum Gasteiger partial charge on any atom is -0.264 e. The van der Waals surface area contributed by atoms with Crippen LogP contribution >= 0.6 is 23.2 Å². The summed E-state index contributed by atoms with van der Waals surface area (Å²) in [5.41, 5.74) is 0. The maximum absolute atomic E-state index is 12.0. The summed E-state index contributed by atoms with van der Waals surface area (Å²) in [5, 5.41) is 3.98. The number of hydrogen-bond donors (Lipinski definition) is 1. The van der Waals surface area contributed by atoms with E-state index in [-0.39, 0.29) is 15.1 Å². The highest BCUT2D eigenvalue weighted by molar-refractivity contribution is 7.92. The van der Waals surface area contributed by atoms with Crippen molar-refractivity contribution in [3.63, 3.8) is 0 Å². The number of nitrogens with one attached hydrogen (secondary N) is 1. The van der Waals surface area contributed by atoms with E-state index in [1.54, 1.807) is 7.05 Å². The third kappa shape index (κ3) is 2.58. The third-order valence-corrected chi connectivity index (χ3v) is 4.15. The average molecular weight is 307 g/mol. The van der Waals surface area contributed by atoms with E-state index < -0.39 is 10.0 Å². The first-order valence-electron chi connectivity index (χ1n) is 4.72. The van der Waals surface area contributed by atoms with Gasteiger partial charge in [-0.05, 0) is 6.07 Å². The Balaban J connectivity index is 2.37. The average Bonchev–Trinajstić information content (AvgIpc) is 2.67. The molecule has 2 aromatic heterocycles. The van der Waals surface area contributed by atoms with Crippen LogP contribution in [0.25, 0.3) is 0 Å². The minimum absolute atomic E-state index is 0.0520. The molecule has 0 aliphatic rings. The molecule has 2 rings (SSSR count). The second kappa shape index (κ2) is 4.75. The summed E-state index contributed by atoms with van der Waals surface area (Å²) in [4.78, 5) is 3.62. The Bertz CT molecular complexity index is 684. The van der Waals surface area contributed by atoms with Gasteiger partial charge in [0.15, 0.2) is 0 Å². The lowest BCUT2D eigenvalue weighted by atomic mass is 10.5. The summed E-state index contributed by atoms with van der Waals surface area (Å²) in [6.45, 7) is 0. The van der Waals surface area contributed by atoms with Crippen LogP contribution in [0.1, 0.15) is 0 Å². The summed E-state index contributed by atoms with van der Waals surface area (Å²) in [5.74, 6) is 0.334. The van der Waals surface area contributed by atoms with Crippen molar-refractivity contribution in [2.75, 3.05) is 4.72 Å². The van der Waals surface area contributed by atoms with Crippen LogP contribution in [-0.2, 0) is 17.1 Å². The molecule has 18 heavy (non-hydrogen) atoms. The lowest BCUT2D eigenvalue weighted by Crippen LogP contribution is -2.15. The maximum Gasteiger partial charge on any atom is 0.264 e. The molecule has 9 heteroatoms. The van der Waals surface area contributed by atoms with Gasteiger partial charge in [0.25, 0.3) is 10.0 Å². The monoisotopic (exact) mass is 306 g/mol. The van der Waals surface area contributed by atoms with Crippen molar-refractivity contribution in [2.45, 2.75) is 4.90 Å². The van der Waals surface area contributed by atoms with Crippen molar-refractivity contribution in [3.8, 4) is 0 Å². The Hall–Kier alpha value is -1.31. The number of halogens is 2. The number of sulfonamides is 1. The molecule has 0 aliphatic carbocycles. The third-order valence-electron chi connectivity index (χ3n) is 2.14. The molecule has 0 amide bonds. The summed E-state index contributed by atoms with van der Waals surface area (Å²) >= 11 is 11.4. The number of rotatable bonds is 3. The molecule has 0 atom stereocenters. The van der Waals surface area contributed by atoms with Crippen molar-refractivity contribution in [1.29, 1.82) is 0 Å². The molecular weight excluding hydrogens is 299 g/mol. The van der Waals surface area contributed by atoms with Crippen LogP contribution in [0.2, 0.25) is 10.2 Å². The number of aromatic nitrogens is 3. The van der Waals surface area contributed by atoms with Gasteiger partial charge in [-0.3, -0.25) is 9.40 Å². The number of pyridine rings is 1.